The smallest absolute Gasteiger partial charge is 0.349 e. The number of thioether (sulfide) groups is 1. The summed E-state index contributed by atoms with van der Waals surface area (Å²) >= 11 is 1.58. The van der Waals surface area contributed by atoms with E-state index in [-0.39, 0.29) is 17.5 Å². The van der Waals surface area contributed by atoms with Crippen molar-refractivity contribution in [3.05, 3.63) is 40.6 Å². The van der Waals surface area contributed by atoms with Crippen LogP contribution in [-0.2, 0) is 0 Å². The number of benzene rings is 1. The van der Waals surface area contributed by atoms with Crippen LogP contribution in [0, 0.1) is 10.1 Å². The number of nitrogens with two attached hydrogens (primary N) is 1. The molecule has 0 radical (unpaired) electrons. The molecule has 9 heteroatoms. The average molecular weight is 293 g/mol. The number of aromatic nitrogens is 2. The largest absolute Gasteiger partial charge is 0.434 e. The summed E-state index contributed by atoms with van der Waals surface area (Å²) in [5.74, 6) is 5.47. The van der Waals surface area contributed by atoms with Crippen LogP contribution < -0.4 is 16.0 Å². The third kappa shape index (κ3) is 3.13. The molecule has 2 rings (SSSR count). The molecule has 0 aliphatic carbocycles. The summed E-state index contributed by atoms with van der Waals surface area (Å²) in [6.45, 7) is 0. The molecule has 2 aromatic rings. The van der Waals surface area contributed by atoms with Crippen LogP contribution in [0.4, 0.5) is 11.6 Å². The predicted molar refractivity (Wildman–Crippen MR) is 74.8 cm³/mol. The second-order valence-corrected chi connectivity index (χ2v) is 4.44. The van der Waals surface area contributed by atoms with Crippen LogP contribution in [0.1, 0.15) is 0 Å². The van der Waals surface area contributed by atoms with E-state index < -0.39 is 4.92 Å². The molecule has 0 unspecified atom stereocenters. The molecule has 0 atom stereocenters. The SMILES string of the molecule is CSc1ccc(Oc2nc(NN)ncc2[N+](=O)[O-])cc1. The minimum absolute atomic E-state index is 0.0336. The van der Waals surface area contributed by atoms with E-state index in [2.05, 4.69) is 15.4 Å². The van der Waals surface area contributed by atoms with Gasteiger partial charge in [0.2, 0.25) is 5.95 Å². The first-order valence-electron chi connectivity index (χ1n) is 5.44. The van der Waals surface area contributed by atoms with Crippen molar-refractivity contribution < 1.29 is 9.66 Å². The van der Waals surface area contributed by atoms with Crippen molar-refractivity contribution in [2.75, 3.05) is 11.7 Å². The highest BCUT2D eigenvalue weighted by atomic mass is 32.2. The Balaban J connectivity index is 2.32. The fourth-order valence-corrected chi connectivity index (χ4v) is 1.79. The Morgan fingerprint density at radius 1 is 1.40 bits per heavy atom. The van der Waals surface area contributed by atoms with E-state index in [1.54, 1.807) is 23.9 Å². The number of hydrogen-bond acceptors (Lipinski definition) is 8. The summed E-state index contributed by atoms with van der Waals surface area (Å²) in [6.07, 6.45) is 2.98. The molecule has 0 fully saturated rings. The maximum Gasteiger partial charge on any atom is 0.349 e. The number of nitrogen functional groups attached to an aromatic ring is 1. The zero-order valence-electron chi connectivity index (χ0n) is 10.4. The number of hydrogen-bond donors (Lipinski definition) is 2. The lowest BCUT2D eigenvalue weighted by atomic mass is 10.3. The number of hydrazine groups is 1. The van der Waals surface area contributed by atoms with E-state index in [1.165, 1.54) is 0 Å². The average Bonchev–Trinajstić information content (AvgIpc) is 2.47. The van der Waals surface area contributed by atoms with Gasteiger partial charge >= 0.3 is 11.6 Å². The molecular weight excluding hydrogens is 282 g/mol. The Kier molecular flexibility index (Phi) is 4.33. The lowest BCUT2D eigenvalue weighted by Crippen LogP contribution is -2.11. The number of ether oxygens (including phenoxy) is 1. The van der Waals surface area contributed by atoms with Gasteiger partial charge in [-0.05, 0) is 30.5 Å². The highest BCUT2D eigenvalue weighted by Gasteiger charge is 2.19. The molecule has 1 heterocycles. The summed E-state index contributed by atoms with van der Waals surface area (Å²) in [5, 5.41) is 10.9. The Labute approximate surface area is 118 Å². The van der Waals surface area contributed by atoms with Crippen molar-refractivity contribution in [2.24, 2.45) is 5.84 Å². The van der Waals surface area contributed by atoms with Crippen molar-refractivity contribution in [1.29, 1.82) is 0 Å². The van der Waals surface area contributed by atoms with Crippen molar-refractivity contribution in [2.45, 2.75) is 4.90 Å². The number of nitrogens with one attached hydrogen (secondary N) is 1. The molecule has 3 N–H and O–H groups in total. The van der Waals surface area contributed by atoms with Gasteiger partial charge in [0.1, 0.15) is 11.9 Å². The van der Waals surface area contributed by atoms with E-state index in [1.807, 2.05) is 18.4 Å². The van der Waals surface area contributed by atoms with Gasteiger partial charge in [-0.25, -0.2) is 10.8 Å². The summed E-state index contributed by atoms with van der Waals surface area (Å²) in [7, 11) is 0. The predicted octanol–water partition coefficient (Wildman–Crippen LogP) is 2.18. The third-order valence-electron chi connectivity index (χ3n) is 2.34. The molecule has 20 heavy (non-hydrogen) atoms. The number of nitrogens with zero attached hydrogens (tertiary/aromatic N) is 3. The number of anilines is 1. The maximum atomic E-state index is 10.9. The van der Waals surface area contributed by atoms with E-state index in [0.29, 0.717) is 5.75 Å². The monoisotopic (exact) mass is 293 g/mol. The molecule has 0 bridgehead atoms. The van der Waals surface area contributed by atoms with Crippen molar-refractivity contribution in [3.63, 3.8) is 0 Å². The maximum absolute atomic E-state index is 10.9. The molecule has 1 aromatic heterocycles. The summed E-state index contributed by atoms with van der Waals surface area (Å²) in [4.78, 5) is 18.8. The van der Waals surface area contributed by atoms with Crippen LogP contribution in [0.15, 0.2) is 35.4 Å². The summed E-state index contributed by atoms with van der Waals surface area (Å²) in [5.41, 5.74) is 1.87. The summed E-state index contributed by atoms with van der Waals surface area (Å²) in [6, 6.07) is 7.09. The number of nitro groups is 1. The van der Waals surface area contributed by atoms with Crippen LogP contribution >= 0.6 is 11.8 Å². The Morgan fingerprint density at radius 3 is 2.65 bits per heavy atom. The molecule has 0 saturated carbocycles. The minimum Gasteiger partial charge on any atom is -0.434 e. The van der Waals surface area contributed by atoms with Crippen LogP contribution in [0.25, 0.3) is 0 Å². The van der Waals surface area contributed by atoms with E-state index in [0.717, 1.165) is 11.1 Å². The molecule has 0 aliphatic heterocycles. The van der Waals surface area contributed by atoms with Gasteiger partial charge in [0.05, 0.1) is 4.92 Å². The number of rotatable bonds is 5. The molecule has 0 amide bonds. The van der Waals surface area contributed by atoms with E-state index in [4.69, 9.17) is 10.6 Å². The first kappa shape index (κ1) is 14.0. The van der Waals surface area contributed by atoms with E-state index in [9.17, 15) is 10.1 Å². The van der Waals surface area contributed by atoms with Gasteiger partial charge in [0.15, 0.2) is 0 Å². The van der Waals surface area contributed by atoms with Gasteiger partial charge in [-0.2, -0.15) is 4.98 Å². The van der Waals surface area contributed by atoms with Crippen LogP contribution in [0.5, 0.6) is 11.6 Å². The lowest BCUT2D eigenvalue weighted by Gasteiger charge is -2.06. The molecule has 104 valence electrons. The van der Waals surface area contributed by atoms with E-state index >= 15 is 0 Å². The standard InChI is InChI=1S/C11H11N5O3S/c1-20-8-4-2-7(3-5-8)19-10-9(16(17)18)6-13-11(14-10)15-12/h2-6H,12H2,1H3,(H,13,14,15). The lowest BCUT2D eigenvalue weighted by molar-refractivity contribution is -0.386. The second-order valence-electron chi connectivity index (χ2n) is 3.56. The second kappa shape index (κ2) is 6.17. The molecule has 0 saturated heterocycles. The van der Waals surface area contributed by atoms with Crippen LogP contribution in [0.2, 0.25) is 0 Å². The fourth-order valence-electron chi connectivity index (χ4n) is 1.39. The van der Waals surface area contributed by atoms with Crippen molar-refractivity contribution >= 4 is 23.4 Å². The third-order valence-corrected chi connectivity index (χ3v) is 3.08. The first-order chi connectivity index (χ1) is 9.63. The van der Waals surface area contributed by atoms with Gasteiger partial charge in [-0.3, -0.25) is 15.5 Å². The molecule has 0 aliphatic rings. The molecule has 1 aromatic carbocycles. The van der Waals surface area contributed by atoms with Crippen molar-refractivity contribution in [1.82, 2.24) is 9.97 Å². The van der Waals surface area contributed by atoms with Gasteiger partial charge < -0.3 is 4.74 Å². The Morgan fingerprint density at radius 2 is 2.10 bits per heavy atom. The summed E-state index contributed by atoms with van der Waals surface area (Å²) < 4.78 is 5.42. The van der Waals surface area contributed by atoms with Gasteiger partial charge in [0.25, 0.3) is 0 Å². The highest BCUT2D eigenvalue weighted by molar-refractivity contribution is 7.98. The quantitative estimate of drug-likeness (QED) is 0.373. The Hall–Kier alpha value is -2.39. The topological polar surface area (TPSA) is 116 Å². The first-order valence-corrected chi connectivity index (χ1v) is 6.66. The zero-order chi connectivity index (χ0) is 14.5. The molecule has 8 nitrogen and oxygen atoms in total. The van der Waals surface area contributed by atoms with Gasteiger partial charge in [0, 0.05) is 4.90 Å². The Bertz CT molecular complexity index is 620. The van der Waals surface area contributed by atoms with Crippen LogP contribution in [-0.4, -0.2) is 21.1 Å². The molecule has 0 spiro atoms. The highest BCUT2D eigenvalue weighted by Crippen LogP contribution is 2.30. The van der Waals surface area contributed by atoms with Crippen molar-refractivity contribution in [3.8, 4) is 11.6 Å². The minimum atomic E-state index is -0.619. The van der Waals surface area contributed by atoms with Gasteiger partial charge in [-0.15, -0.1) is 11.8 Å². The normalized spacial score (nSPS) is 10.1. The molecular formula is C11H11N5O3S. The zero-order valence-corrected chi connectivity index (χ0v) is 11.3. The van der Waals surface area contributed by atoms with Gasteiger partial charge in [-0.1, -0.05) is 0 Å². The fraction of sp³-hybridized carbons (Fsp3) is 0.0909. The van der Waals surface area contributed by atoms with Crippen LogP contribution in [0.3, 0.4) is 0 Å².